The molecule has 1 heterocycles. The molecule has 0 aliphatic heterocycles. The molecule has 0 fully saturated rings. The average molecular weight is 128 g/mol. The third kappa shape index (κ3) is 1.07. The summed E-state index contributed by atoms with van der Waals surface area (Å²) < 4.78 is 2.01. The van der Waals surface area contributed by atoms with E-state index in [9.17, 15) is 0 Å². The van der Waals surface area contributed by atoms with Crippen molar-refractivity contribution in [3.05, 3.63) is 18.2 Å². The second-order valence-corrected chi connectivity index (χ2v) is 2.08. The third-order valence-corrected chi connectivity index (χ3v) is 1.39. The highest BCUT2D eigenvalue weighted by Gasteiger charge is 1.86. The summed E-state index contributed by atoms with van der Waals surface area (Å²) in [6.07, 6.45) is 4.76. The number of rotatable bonds is 1. The van der Waals surface area contributed by atoms with E-state index in [4.69, 9.17) is 0 Å². The number of aryl methyl sites for hydroxylation is 1. The molecule has 0 amide bonds. The Hall–Kier alpha value is -0.360. The van der Waals surface area contributed by atoms with Crippen LogP contribution in [-0.4, -0.2) is 9.55 Å². The lowest BCUT2D eigenvalue weighted by molar-refractivity contribution is 0.890. The highest BCUT2D eigenvalue weighted by Crippen LogP contribution is 1.95. The van der Waals surface area contributed by atoms with Crippen LogP contribution in [0.2, 0.25) is 0 Å². The van der Waals surface area contributed by atoms with Crippen LogP contribution in [0.5, 0.6) is 0 Å². The molecule has 0 spiro atoms. The third-order valence-electron chi connectivity index (χ3n) is 0.973. The van der Waals surface area contributed by atoms with Gasteiger partial charge in [0.25, 0.3) is 0 Å². The van der Waals surface area contributed by atoms with Crippen molar-refractivity contribution in [2.75, 3.05) is 0 Å². The fraction of sp³-hybridized carbons (Fsp3) is 0.400. The van der Waals surface area contributed by atoms with Crippen LogP contribution in [0.1, 0.15) is 5.69 Å². The molecular weight excluding hydrogens is 119 g/mol. The second kappa shape index (κ2) is 2.27. The highest BCUT2D eigenvalue weighted by atomic mass is 31.0. The van der Waals surface area contributed by atoms with Crippen LogP contribution in [-0.2, 0) is 6.29 Å². The highest BCUT2D eigenvalue weighted by molar-refractivity contribution is 7.15. The van der Waals surface area contributed by atoms with Crippen LogP contribution in [0.25, 0.3) is 0 Å². The first kappa shape index (κ1) is 5.77. The van der Waals surface area contributed by atoms with E-state index in [1.165, 1.54) is 0 Å². The minimum atomic E-state index is 0.931. The zero-order valence-electron chi connectivity index (χ0n) is 4.83. The molecule has 44 valence electrons. The molecule has 2 nitrogen and oxygen atoms in total. The molecule has 8 heavy (non-hydrogen) atoms. The van der Waals surface area contributed by atoms with Crippen molar-refractivity contribution < 1.29 is 0 Å². The first-order chi connectivity index (χ1) is 3.83. The van der Waals surface area contributed by atoms with Gasteiger partial charge in [0.1, 0.15) is 0 Å². The minimum absolute atomic E-state index is 0.931. The molecule has 1 aromatic heterocycles. The molecule has 1 aromatic rings. The summed E-state index contributed by atoms with van der Waals surface area (Å²) in [4.78, 5) is 4.04. The van der Waals surface area contributed by atoms with Crippen LogP contribution < -0.4 is 0 Å². The summed E-state index contributed by atoms with van der Waals surface area (Å²) in [5, 5.41) is 0. The summed E-state index contributed by atoms with van der Waals surface area (Å²) in [6, 6.07) is 0. The van der Waals surface area contributed by atoms with Gasteiger partial charge in [0.15, 0.2) is 0 Å². The van der Waals surface area contributed by atoms with Crippen LogP contribution >= 0.6 is 9.24 Å². The summed E-state index contributed by atoms with van der Waals surface area (Å²) in [7, 11) is 2.63. The Labute approximate surface area is 51.1 Å². The molecule has 1 atom stereocenters. The number of aromatic nitrogens is 2. The molecular formula is C5H9N2P. The summed E-state index contributed by atoms with van der Waals surface area (Å²) >= 11 is 0. The molecule has 0 aliphatic carbocycles. The van der Waals surface area contributed by atoms with Crippen molar-refractivity contribution in [3.63, 3.8) is 0 Å². The van der Waals surface area contributed by atoms with Gasteiger partial charge in [0, 0.05) is 12.5 Å². The van der Waals surface area contributed by atoms with Gasteiger partial charge < -0.3 is 4.57 Å². The summed E-state index contributed by atoms with van der Waals surface area (Å²) in [5.74, 6) is 0. The van der Waals surface area contributed by atoms with Crippen molar-refractivity contribution in [2.24, 2.45) is 0 Å². The minimum Gasteiger partial charge on any atom is -0.333 e. The molecule has 0 aliphatic rings. The lowest BCUT2D eigenvalue weighted by Crippen LogP contribution is -1.82. The zero-order valence-corrected chi connectivity index (χ0v) is 5.99. The van der Waals surface area contributed by atoms with Gasteiger partial charge in [-0.3, -0.25) is 0 Å². The van der Waals surface area contributed by atoms with E-state index in [-0.39, 0.29) is 0 Å². The summed E-state index contributed by atoms with van der Waals surface area (Å²) in [6.45, 7) is 1.98. The number of hydrogen-bond acceptors (Lipinski definition) is 1. The van der Waals surface area contributed by atoms with Crippen LogP contribution in [0.15, 0.2) is 12.5 Å². The van der Waals surface area contributed by atoms with Gasteiger partial charge in [-0.1, -0.05) is 0 Å². The van der Waals surface area contributed by atoms with Crippen LogP contribution in [0, 0.1) is 6.92 Å². The molecule has 0 saturated heterocycles. The average Bonchev–Trinajstić information content (AvgIpc) is 2.14. The normalized spacial score (nSPS) is 9.75. The van der Waals surface area contributed by atoms with E-state index >= 15 is 0 Å². The van der Waals surface area contributed by atoms with Crippen molar-refractivity contribution in [1.82, 2.24) is 9.55 Å². The Morgan fingerprint density at radius 1 is 1.88 bits per heavy atom. The van der Waals surface area contributed by atoms with Gasteiger partial charge in [-0.05, 0) is 6.92 Å². The molecule has 0 saturated carbocycles. The molecule has 0 aromatic carbocycles. The summed E-state index contributed by atoms with van der Waals surface area (Å²) in [5.41, 5.74) is 1.08. The first-order valence-corrected chi connectivity index (χ1v) is 3.33. The van der Waals surface area contributed by atoms with Crippen LogP contribution in [0.4, 0.5) is 0 Å². The molecule has 0 bridgehead atoms. The Balaban J connectivity index is 2.84. The van der Waals surface area contributed by atoms with Crippen molar-refractivity contribution in [1.29, 1.82) is 0 Å². The number of hydrogen-bond donors (Lipinski definition) is 0. The van der Waals surface area contributed by atoms with Crippen molar-refractivity contribution >= 4 is 9.24 Å². The molecule has 3 heteroatoms. The van der Waals surface area contributed by atoms with Gasteiger partial charge in [-0.15, -0.1) is 9.24 Å². The topological polar surface area (TPSA) is 17.8 Å². The Morgan fingerprint density at radius 2 is 2.62 bits per heavy atom. The van der Waals surface area contributed by atoms with E-state index < -0.39 is 0 Å². The Morgan fingerprint density at radius 3 is 2.88 bits per heavy atom. The SMILES string of the molecule is Cc1cn(CP)cn1. The van der Waals surface area contributed by atoms with E-state index in [0.717, 1.165) is 12.0 Å². The van der Waals surface area contributed by atoms with Gasteiger partial charge in [0.2, 0.25) is 0 Å². The fourth-order valence-corrected chi connectivity index (χ4v) is 0.771. The smallest absolute Gasteiger partial charge is 0.0952 e. The lowest BCUT2D eigenvalue weighted by Gasteiger charge is -1.88. The molecule has 0 radical (unpaired) electrons. The quantitative estimate of drug-likeness (QED) is 0.516. The first-order valence-electron chi connectivity index (χ1n) is 2.51. The van der Waals surface area contributed by atoms with E-state index in [0.29, 0.717) is 0 Å². The predicted octanol–water partition coefficient (Wildman–Crippen LogP) is 1.02. The van der Waals surface area contributed by atoms with Gasteiger partial charge in [0.05, 0.1) is 12.0 Å². The number of imidazole rings is 1. The van der Waals surface area contributed by atoms with E-state index in [1.807, 2.05) is 24.0 Å². The lowest BCUT2D eigenvalue weighted by atomic mass is 10.6. The van der Waals surface area contributed by atoms with Crippen molar-refractivity contribution in [2.45, 2.75) is 13.2 Å². The maximum absolute atomic E-state index is 4.04. The maximum Gasteiger partial charge on any atom is 0.0952 e. The largest absolute Gasteiger partial charge is 0.333 e. The van der Waals surface area contributed by atoms with Gasteiger partial charge >= 0.3 is 0 Å². The fourth-order valence-electron chi connectivity index (χ4n) is 0.572. The van der Waals surface area contributed by atoms with Gasteiger partial charge in [-0.25, -0.2) is 4.98 Å². The Bertz CT molecular complexity index is 171. The maximum atomic E-state index is 4.04. The van der Waals surface area contributed by atoms with Crippen LogP contribution in [0.3, 0.4) is 0 Å². The van der Waals surface area contributed by atoms with E-state index in [1.54, 1.807) is 0 Å². The van der Waals surface area contributed by atoms with E-state index in [2.05, 4.69) is 14.2 Å². The molecule has 0 N–H and O–H groups in total. The second-order valence-electron chi connectivity index (χ2n) is 1.71. The van der Waals surface area contributed by atoms with Crippen molar-refractivity contribution in [3.8, 4) is 0 Å². The molecule has 1 rings (SSSR count). The standard InChI is InChI=1S/C5H9N2P/c1-5-2-7(4-8)3-6-5/h2-3H,4,8H2,1H3. The monoisotopic (exact) mass is 128 g/mol. The zero-order chi connectivity index (χ0) is 5.98. The predicted molar refractivity (Wildman–Crippen MR) is 36.7 cm³/mol. The number of nitrogens with zero attached hydrogens (tertiary/aromatic N) is 2. The van der Waals surface area contributed by atoms with Gasteiger partial charge in [-0.2, -0.15) is 0 Å². The Kier molecular flexibility index (Phi) is 1.64. The molecule has 1 unspecified atom stereocenters.